The third-order valence-electron chi connectivity index (χ3n) is 2.90. The Morgan fingerprint density at radius 1 is 1.53 bits per heavy atom. The fourth-order valence-electron chi connectivity index (χ4n) is 1.97. The van der Waals surface area contributed by atoms with Crippen LogP contribution < -0.4 is 5.32 Å². The van der Waals surface area contributed by atoms with Gasteiger partial charge in [-0.3, -0.25) is 0 Å². The minimum Gasteiger partial charge on any atom is -0.316 e. The highest BCUT2D eigenvalue weighted by atomic mass is 32.1. The van der Waals surface area contributed by atoms with Gasteiger partial charge in [0, 0.05) is 17.8 Å². The average molecular weight is 226 g/mol. The van der Waals surface area contributed by atoms with Crippen LogP contribution in [0, 0.1) is 12.8 Å². The molecule has 0 saturated heterocycles. The van der Waals surface area contributed by atoms with E-state index in [1.165, 1.54) is 23.5 Å². The maximum absolute atomic E-state index is 4.52. The number of aromatic nitrogens is 1. The van der Waals surface area contributed by atoms with Crippen molar-refractivity contribution in [1.82, 2.24) is 10.3 Å². The Kier molecular flexibility index (Phi) is 5.26. The molecular formula is C12H22N2S. The monoisotopic (exact) mass is 226 g/mol. The smallest absolute Gasteiger partial charge is 0.0897 e. The number of nitrogens with zero attached hydrogens (tertiary/aromatic N) is 1. The molecule has 0 aromatic carbocycles. The molecule has 2 atom stereocenters. The molecule has 0 amide bonds. The molecule has 1 aromatic heterocycles. The fraction of sp³-hybridized carbons (Fsp3) is 0.750. The zero-order chi connectivity index (χ0) is 11.3. The topological polar surface area (TPSA) is 24.9 Å². The van der Waals surface area contributed by atoms with Crippen molar-refractivity contribution in [3.8, 4) is 0 Å². The van der Waals surface area contributed by atoms with E-state index in [0.29, 0.717) is 6.04 Å². The van der Waals surface area contributed by atoms with Crippen LogP contribution in [0.15, 0.2) is 5.38 Å². The molecule has 2 nitrogen and oxygen atoms in total. The Bertz CT molecular complexity index is 283. The Morgan fingerprint density at radius 2 is 2.27 bits per heavy atom. The van der Waals surface area contributed by atoms with E-state index in [-0.39, 0.29) is 0 Å². The Balaban J connectivity index is 2.53. The van der Waals surface area contributed by atoms with Gasteiger partial charge in [0.1, 0.15) is 0 Å². The molecule has 15 heavy (non-hydrogen) atoms. The van der Waals surface area contributed by atoms with Crippen molar-refractivity contribution in [3.63, 3.8) is 0 Å². The lowest BCUT2D eigenvalue weighted by atomic mass is 9.94. The first kappa shape index (κ1) is 12.7. The molecular weight excluding hydrogens is 204 g/mol. The van der Waals surface area contributed by atoms with Crippen molar-refractivity contribution in [2.75, 3.05) is 7.05 Å². The molecule has 0 aliphatic rings. The first-order valence-corrected chi connectivity index (χ1v) is 6.63. The molecule has 1 aromatic rings. The summed E-state index contributed by atoms with van der Waals surface area (Å²) in [6, 6.07) is 0.562. The highest BCUT2D eigenvalue weighted by molar-refractivity contribution is 7.09. The Labute approximate surface area is 97.1 Å². The average Bonchev–Trinajstić information content (AvgIpc) is 2.61. The lowest BCUT2D eigenvalue weighted by Crippen LogP contribution is -2.34. The maximum Gasteiger partial charge on any atom is 0.0897 e. The summed E-state index contributed by atoms with van der Waals surface area (Å²) in [6.07, 6.45) is 3.60. The molecule has 0 aliphatic carbocycles. The van der Waals surface area contributed by atoms with Gasteiger partial charge in [-0.15, -0.1) is 11.3 Å². The second-order valence-electron chi connectivity index (χ2n) is 4.22. The van der Waals surface area contributed by atoms with Gasteiger partial charge in [0.15, 0.2) is 0 Å². The van der Waals surface area contributed by atoms with Crippen LogP contribution in [0.3, 0.4) is 0 Å². The third-order valence-corrected chi connectivity index (χ3v) is 3.72. The van der Waals surface area contributed by atoms with Gasteiger partial charge in [-0.05, 0) is 26.3 Å². The van der Waals surface area contributed by atoms with Gasteiger partial charge in [0.25, 0.3) is 0 Å². The normalized spacial score (nSPS) is 15.2. The van der Waals surface area contributed by atoms with Crippen LogP contribution in [0.1, 0.15) is 37.4 Å². The van der Waals surface area contributed by atoms with Crippen molar-refractivity contribution in [1.29, 1.82) is 0 Å². The van der Waals surface area contributed by atoms with Gasteiger partial charge in [0.2, 0.25) is 0 Å². The predicted octanol–water partition coefficient (Wildman–Crippen LogP) is 3.02. The summed E-state index contributed by atoms with van der Waals surface area (Å²) in [7, 11) is 2.05. The number of hydrogen-bond acceptors (Lipinski definition) is 3. The zero-order valence-electron chi connectivity index (χ0n) is 10.2. The van der Waals surface area contributed by atoms with Gasteiger partial charge in [-0.1, -0.05) is 20.3 Å². The molecule has 0 spiro atoms. The maximum atomic E-state index is 4.52. The summed E-state index contributed by atoms with van der Waals surface area (Å²) < 4.78 is 0. The molecule has 3 heteroatoms. The summed E-state index contributed by atoms with van der Waals surface area (Å²) in [5.41, 5.74) is 1.24. The number of likely N-dealkylation sites (N-methyl/N-ethyl adjacent to an activating group) is 1. The van der Waals surface area contributed by atoms with Crippen LogP contribution >= 0.6 is 11.3 Å². The van der Waals surface area contributed by atoms with Crippen LogP contribution in [0.5, 0.6) is 0 Å². The minimum atomic E-state index is 0.562. The molecule has 1 rings (SSSR count). The summed E-state index contributed by atoms with van der Waals surface area (Å²) in [6.45, 7) is 6.64. The van der Waals surface area contributed by atoms with Crippen molar-refractivity contribution in [3.05, 3.63) is 16.1 Å². The molecule has 1 heterocycles. The van der Waals surface area contributed by atoms with E-state index in [9.17, 15) is 0 Å². The highest BCUT2D eigenvalue weighted by Crippen LogP contribution is 2.16. The number of aryl methyl sites for hydroxylation is 1. The molecule has 0 bridgehead atoms. The number of rotatable bonds is 6. The SMILES string of the molecule is CCCC(C)C(Cc1csc(C)n1)NC. The zero-order valence-corrected chi connectivity index (χ0v) is 11.0. The molecule has 86 valence electrons. The van der Waals surface area contributed by atoms with Gasteiger partial charge in [-0.2, -0.15) is 0 Å². The van der Waals surface area contributed by atoms with Gasteiger partial charge in [0.05, 0.1) is 10.7 Å². The van der Waals surface area contributed by atoms with Crippen molar-refractivity contribution in [2.45, 2.75) is 46.1 Å². The fourth-order valence-corrected chi connectivity index (χ4v) is 2.60. The van der Waals surface area contributed by atoms with E-state index in [1.807, 2.05) is 0 Å². The predicted molar refractivity (Wildman–Crippen MR) is 67.5 cm³/mol. The van der Waals surface area contributed by atoms with Crippen molar-refractivity contribution < 1.29 is 0 Å². The van der Waals surface area contributed by atoms with E-state index < -0.39 is 0 Å². The first-order valence-electron chi connectivity index (χ1n) is 5.75. The third kappa shape index (κ3) is 3.92. The van der Waals surface area contributed by atoms with Crippen LogP contribution in [-0.2, 0) is 6.42 Å². The standard InChI is InChI=1S/C12H22N2S/c1-5-6-9(2)12(13-4)7-11-8-15-10(3)14-11/h8-9,12-13H,5-7H2,1-4H3. The van der Waals surface area contributed by atoms with E-state index in [2.05, 4.69) is 43.5 Å². The summed E-state index contributed by atoms with van der Waals surface area (Å²) >= 11 is 1.74. The van der Waals surface area contributed by atoms with Crippen LogP contribution in [0.2, 0.25) is 0 Å². The van der Waals surface area contributed by atoms with E-state index in [1.54, 1.807) is 11.3 Å². The van der Waals surface area contributed by atoms with Crippen LogP contribution in [0.25, 0.3) is 0 Å². The van der Waals surface area contributed by atoms with Crippen molar-refractivity contribution in [2.24, 2.45) is 5.92 Å². The van der Waals surface area contributed by atoms with E-state index in [0.717, 1.165) is 12.3 Å². The summed E-state index contributed by atoms with van der Waals surface area (Å²) in [4.78, 5) is 4.52. The molecule has 0 aliphatic heterocycles. The summed E-state index contributed by atoms with van der Waals surface area (Å²) in [5.74, 6) is 0.724. The number of hydrogen-bond donors (Lipinski definition) is 1. The second kappa shape index (κ2) is 6.23. The van der Waals surface area contributed by atoms with E-state index in [4.69, 9.17) is 0 Å². The molecule has 1 N–H and O–H groups in total. The molecule has 0 fully saturated rings. The van der Waals surface area contributed by atoms with E-state index >= 15 is 0 Å². The molecule has 0 saturated carbocycles. The van der Waals surface area contributed by atoms with Gasteiger partial charge < -0.3 is 5.32 Å². The van der Waals surface area contributed by atoms with Gasteiger partial charge in [-0.25, -0.2) is 4.98 Å². The van der Waals surface area contributed by atoms with Gasteiger partial charge >= 0.3 is 0 Å². The first-order chi connectivity index (χ1) is 7.17. The lowest BCUT2D eigenvalue weighted by Gasteiger charge is -2.22. The molecule has 2 unspecified atom stereocenters. The second-order valence-corrected chi connectivity index (χ2v) is 5.29. The number of thiazole rings is 1. The quantitative estimate of drug-likeness (QED) is 0.806. The molecule has 0 radical (unpaired) electrons. The van der Waals surface area contributed by atoms with Crippen LogP contribution in [0.4, 0.5) is 0 Å². The Hall–Kier alpha value is -0.410. The Morgan fingerprint density at radius 3 is 2.73 bits per heavy atom. The largest absolute Gasteiger partial charge is 0.316 e. The highest BCUT2D eigenvalue weighted by Gasteiger charge is 2.16. The number of nitrogens with one attached hydrogen (secondary N) is 1. The minimum absolute atomic E-state index is 0.562. The lowest BCUT2D eigenvalue weighted by molar-refractivity contribution is 0.370. The van der Waals surface area contributed by atoms with Crippen LogP contribution in [-0.4, -0.2) is 18.1 Å². The summed E-state index contributed by atoms with van der Waals surface area (Å²) in [5, 5.41) is 6.76. The van der Waals surface area contributed by atoms with Crippen molar-refractivity contribution >= 4 is 11.3 Å².